The second-order valence-electron chi connectivity index (χ2n) is 10.5. The van der Waals surface area contributed by atoms with Gasteiger partial charge in [-0.1, -0.05) is 156 Å². The van der Waals surface area contributed by atoms with Gasteiger partial charge >= 0.3 is 0 Å². The fourth-order valence-corrected chi connectivity index (χ4v) is 5.70. The zero-order valence-electron chi connectivity index (χ0n) is 22.4. The van der Waals surface area contributed by atoms with Crippen molar-refractivity contribution in [1.82, 2.24) is 0 Å². The Morgan fingerprint density at radius 1 is 0.419 bits per heavy atom. The third-order valence-corrected chi connectivity index (χ3v) is 8.12. The Bertz CT molecular complexity index is 321. The van der Waals surface area contributed by atoms with Crippen LogP contribution in [0.4, 0.5) is 0 Å². The van der Waals surface area contributed by atoms with E-state index in [9.17, 15) is 0 Å². The molecule has 0 aliphatic rings. The monoisotopic (exact) mass is 456 g/mol. The van der Waals surface area contributed by atoms with Gasteiger partial charge in [0.2, 0.25) is 0 Å². The summed E-state index contributed by atoms with van der Waals surface area (Å²) in [5.41, 5.74) is 0. The van der Waals surface area contributed by atoms with E-state index in [2.05, 4.69) is 27.7 Å². The SMILES string of the molecule is CCCCCCCCC(CCCC)C(Cl)(CCCCCCCC)CCCCCCCC. The van der Waals surface area contributed by atoms with Crippen molar-refractivity contribution >= 4 is 11.6 Å². The molecule has 0 saturated carbocycles. The summed E-state index contributed by atoms with van der Waals surface area (Å²) in [5, 5.41) is 0. The molecule has 1 unspecified atom stereocenters. The van der Waals surface area contributed by atoms with E-state index in [1.807, 2.05) is 0 Å². The first-order chi connectivity index (χ1) is 15.1. The van der Waals surface area contributed by atoms with Gasteiger partial charge < -0.3 is 0 Å². The molecular formula is C30H61Cl. The highest BCUT2D eigenvalue weighted by Crippen LogP contribution is 2.42. The average molecular weight is 457 g/mol. The van der Waals surface area contributed by atoms with Gasteiger partial charge in [-0.25, -0.2) is 0 Å². The first-order valence-corrected chi connectivity index (χ1v) is 15.2. The molecule has 188 valence electrons. The van der Waals surface area contributed by atoms with Crippen LogP contribution in [0, 0.1) is 5.92 Å². The van der Waals surface area contributed by atoms with Crippen molar-refractivity contribution in [2.24, 2.45) is 5.92 Å². The Hall–Kier alpha value is 0.290. The van der Waals surface area contributed by atoms with Crippen LogP contribution in [0.1, 0.15) is 182 Å². The standard InChI is InChI=1S/C30H61Cl/c1-5-9-13-16-19-22-26-29(25-12-8-4)30(31,27-23-20-17-14-10-6-2)28-24-21-18-15-11-7-3/h29H,5-28H2,1-4H3. The van der Waals surface area contributed by atoms with Crippen molar-refractivity contribution in [2.75, 3.05) is 0 Å². The predicted octanol–water partition coefficient (Wildman–Crippen LogP) is 12.0. The molecule has 0 saturated heterocycles. The Morgan fingerprint density at radius 3 is 1.16 bits per heavy atom. The number of alkyl halides is 1. The zero-order valence-corrected chi connectivity index (χ0v) is 23.2. The van der Waals surface area contributed by atoms with Crippen LogP contribution < -0.4 is 0 Å². The molecule has 0 N–H and O–H groups in total. The van der Waals surface area contributed by atoms with Gasteiger partial charge in [0.25, 0.3) is 0 Å². The lowest BCUT2D eigenvalue weighted by molar-refractivity contribution is 0.265. The summed E-state index contributed by atoms with van der Waals surface area (Å²) in [4.78, 5) is 0.0775. The van der Waals surface area contributed by atoms with Crippen molar-refractivity contribution < 1.29 is 0 Å². The molecule has 1 heteroatoms. The number of unbranched alkanes of at least 4 members (excludes halogenated alkanes) is 16. The van der Waals surface area contributed by atoms with Crippen molar-refractivity contribution in [3.8, 4) is 0 Å². The second kappa shape index (κ2) is 23.4. The van der Waals surface area contributed by atoms with Gasteiger partial charge in [-0.2, -0.15) is 0 Å². The van der Waals surface area contributed by atoms with Gasteiger partial charge in [-0.05, 0) is 31.6 Å². The molecule has 0 nitrogen and oxygen atoms in total. The Balaban J connectivity index is 4.71. The predicted molar refractivity (Wildman–Crippen MR) is 146 cm³/mol. The van der Waals surface area contributed by atoms with Gasteiger partial charge in [0.1, 0.15) is 0 Å². The third kappa shape index (κ3) is 18.4. The Labute approximate surface area is 204 Å². The molecule has 0 radical (unpaired) electrons. The molecule has 0 aromatic heterocycles. The molecule has 0 fully saturated rings. The maximum atomic E-state index is 7.58. The summed E-state index contributed by atoms with van der Waals surface area (Å²) >= 11 is 7.58. The zero-order chi connectivity index (χ0) is 23.0. The molecular weight excluding hydrogens is 396 g/mol. The topological polar surface area (TPSA) is 0 Å². The van der Waals surface area contributed by atoms with Crippen LogP contribution in [-0.4, -0.2) is 4.87 Å². The lowest BCUT2D eigenvalue weighted by Gasteiger charge is -2.37. The van der Waals surface area contributed by atoms with Gasteiger partial charge in [-0.15, -0.1) is 11.6 Å². The summed E-state index contributed by atoms with van der Waals surface area (Å²) in [5.74, 6) is 0.742. The molecule has 1 atom stereocenters. The molecule has 0 rings (SSSR count). The molecule has 31 heavy (non-hydrogen) atoms. The van der Waals surface area contributed by atoms with Crippen LogP contribution in [0.15, 0.2) is 0 Å². The normalized spacial score (nSPS) is 13.1. The van der Waals surface area contributed by atoms with E-state index in [-0.39, 0.29) is 4.87 Å². The molecule has 0 aliphatic heterocycles. The molecule has 0 aliphatic carbocycles. The summed E-state index contributed by atoms with van der Waals surface area (Å²) in [7, 11) is 0. The van der Waals surface area contributed by atoms with E-state index >= 15 is 0 Å². The van der Waals surface area contributed by atoms with Crippen LogP contribution >= 0.6 is 11.6 Å². The fourth-order valence-electron chi connectivity index (χ4n) is 5.21. The van der Waals surface area contributed by atoms with E-state index in [1.54, 1.807) is 0 Å². The number of rotatable bonds is 25. The summed E-state index contributed by atoms with van der Waals surface area (Å²) in [6, 6.07) is 0. The quantitative estimate of drug-likeness (QED) is 0.0945. The minimum Gasteiger partial charge on any atom is -0.119 e. The molecule has 0 heterocycles. The number of halogens is 1. The smallest absolute Gasteiger partial charge is 0.0475 e. The summed E-state index contributed by atoms with van der Waals surface area (Å²) < 4.78 is 0. The highest BCUT2D eigenvalue weighted by Gasteiger charge is 2.34. The van der Waals surface area contributed by atoms with Gasteiger partial charge in [0.15, 0.2) is 0 Å². The van der Waals surface area contributed by atoms with Crippen LogP contribution in [0.3, 0.4) is 0 Å². The van der Waals surface area contributed by atoms with Gasteiger partial charge in [0.05, 0.1) is 0 Å². The van der Waals surface area contributed by atoms with Crippen LogP contribution in [-0.2, 0) is 0 Å². The Kier molecular flexibility index (Phi) is 23.7. The van der Waals surface area contributed by atoms with E-state index in [0.29, 0.717) is 0 Å². The molecule has 0 spiro atoms. The van der Waals surface area contributed by atoms with Crippen molar-refractivity contribution in [3.05, 3.63) is 0 Å². The average Bonchev–Trinajstić information content (AvgIpc) is 2.77. The fraction of sp³-hybridized carbons (Fsp3) is 1.00. The lowest BCUT2D eigenvalue weighted by atomic mass is 9.77. The molecule has 0 aromatic carbocycles. The second-order valence-corrected chi connectivity index (χ2v) is 11.2. The molecule has 0 bridgehead atoms. The van der Waals surface area contributed by atoms with E-state index in [1.165, 1.54) is 154 Å². The number of hydrogen-bond acceptors (Lipinski definition) is 0. The molecule has 0 amide bonds. The maximum absolute atomic E-state index is 7.58. The minimum atomic E-state index is 0.0775. The largest absolute Gasteiger partial charge is 0.119 e. The minimum absolute atomic E-state index is 0.0775. The third-order valence-electron chi connectivity index (χ3n) is 7.44. The van der Waals surface area contributed by atoms with Crippen LogP contribution in [0.5, 0.6) is 0 Å². The van der Waals surface area contributed by atoms with E-state index in [4.69, 9.17) is 11.6 Å². The van der Waals surface area contributed by atoms with Gasteiger partial charge in [0, 0.05) is 4.87 Å². The Morgan fingerprint density at radius 2 is 0.742 bits per heavy atom. The van der Waals surface area contributed by atoms with E-state index in [0.717, 1.165) is 5.92 Å². The van der Waals surface area contributed by atoms with Crippen LogP contribution in [0.25, 0.3) is 0 Å². The first-order valence-electron chi connectivity index (χ1n) is 14.8. The number of hydrogen-bond donors (Lipinski definition) is 0. The summed E-state index contributed by atoms with van der Waals surface area (Å²) in [6.07, 6.45) is 33.0. The highest BCUT2D eigenvalue weighted by molar-refractivity contribution is 6.24. The van der Waals surface area contributed by atoms with Crippen molar-refractivity contribution in [3.63, 3.8) is 0 Å². The van der Waals surface area contributed by atoms with E-state index < -0.39 is 0 Å². The van der Waals surface area contributed by atoms with Crippen LogP contribution in [0.2, 0.25) is 0 Å². The lowest BCUT2D eigenvalue weighted by Crippen LogP contribution is -2.32. The van der Waals surface area contributed by atoms with Crippen molar-refractivity contribution in [2.45, 2.75) is 187 Å². The van der Waals surface area contributed by atoms with Gasteiger partial charge in [-0.3, -0.25) is 0 Å². The molecule has 0 aromatic rings. The summed E-state index contributed by atoms with van der Waals surface area (Å²) in [6.45, 7) is 9.28. The maximum Gasteiger partial charge on any atom is 0.0475 e. The van der Waals surface area contributed by atoms with Crippen molar-refractivity contribution in [1.29, 1.82) is 0 Å². The first kappa shape index (κ1) is 31.3. The highest BCUT2D eigenvalue weighted by atomic mass is 35.5.